The van der Waals surface area contributed by atoms with Crippen LogP contribution in [0.4, 0.5) is 10.1 Å². The van der Waals surface area contributed by atoms with Gasteiger partial charge in [0.2, 0.25) is 11.7 Å². The molecule has 0 spiro atoms. The average Bonchev–Trinajstić information content (AvgIpc) is 2.75. The molecule has 0 unspecified atom stereocenters. The van der Waals surface area contributed by atoms with Gasteiger partial charge in [0.25, 0.3) is 0 Å². The summed E-state index contributed by atoms with van der Waals surface area (Å²) in [5.74, 6) is 1.14. The smallest absolute Gasteiger partial charge is 0.238 e. The lowest BCUT2D eigenvalue weighted by molar-refractivity contribution is -0.117. The van der Waals surface area contributed by atoms with Gasteiger partial charge in [-0.15, -0.1) is 0 Å². The molecule has 0 radical (unpaired) electrons. The first-order valence-corrected chi connectivity index (χ1v) is 9.82. The number of carbonyl (C=O) groups is 1. The molecule has 30 heavy (non-hydrogen) atoms. The Morgan fingerprint density at radius 1 is 0.967 bits per heavy atom. The molecule has 1 N–H and O–H groups in total. The van der Waals surface area contributed by atoms with Crippen molar-refractivity contribution in [1.29, 1.82) is 0 Å². The number of ether oxygens (including phenoxy) is 3. The lowest BCUT2D eigenvalue weighted by atomic mass is 10.2. The Balaban J connectivity index is 1.52. The first-order chi connectivity index (χ1) is 14.5. The minimum Gasteiger partial charge on any atom is -0.493 e. The van der Waals surface area contributed by atoms with Crippen molar-refractivity contribution in [1.82, 2.24) is 9.80 Å². The first kappa shape index (κ1) is 21.9. The van der Waals surface area contributed by atoms with Crippen LogP contribution in [0.25, 0.3) is 0 Å². The molecule has 3 rings (SSSR count). The first-order valence-electron chi connectivity index (χ1n) is 9.82. The van der Waals surface area contributed by atoms with Crippen molar-refractivity contribution in [3.8, 4) is 17.2 Å². The second kappa shape index (κ2) is 10.3. The van der Waals surface area contributed by atoms with E-state index in [1.165, 1.54) is 27.4 Å². The van der Waals surface area contributed by atoms with Crippen molar-refractivity contribution in [2.75, 3.05) is 59.4 Å². The maximum Gasteiger partial charge on any atom is 0.238 e. The molecule has 2 aromatic carbocycles. The third-order valence-electron chi connectivity index (χ3n) is 5.13. The van der Waals surface area contributed by atoms with Crippen LogP contribution in [0, 0.1) is 5.82 Å². The largest absolute Gasteiger partial charge is 0.493 e. The highest BCUT2D eigenvalue weighted by Gasteiger charge is 2.21. The van der Waals surface area contributed by atoms with Gasteiger partial charge in [0, 0.05) is 56.1 Å². The summed E-state index contributed by atoms with van der Waals surface area (Å²) in [6, 6.07) is 10.2. The van der Waals surface area contributed by atoms with Gasteiger partial charge in [-0.2, -0.15) is 0 Å². The summed E-state index contributed by atoms with van der Waals surface area (Å²) < 4.78 is 29.8. The number of benzene rings is 2. The van der Waals surface area contributed by atoms with Gasteiger partial charge in [-0.05, 0) is 6.07 Å². The molecule has 1 heterocycles. The summed E-state index contributed by atoms with van der Waals surface area (Å²) in [7, 11) is 4.60. The van der Waals surface area contributed by atoms with E-state index >= 15 is 0 Å². The number of amides is 1. The van der Waals surface area contributed by atoms with E-state index in [9.17, 15) is 9.18 Å². The Hall–Kier alpha value is -2.84. The van der Waals surface area contributed by atoms with E-state index in [-0.39, 0.29) is 18.3 Å². The van der Waals surface area contributed by atoms with E-state index in [0.29, 0.717) is 35.0 Å². The molecule has 1 aliphatic heterocycles. The van der Waals surface area contributed by atoms with E-state index in [1.807, 2.05) is 12.1 Å². The lowest BCUT2D eigenvalue weighted by Gasteiger charge is -2.34. The van der Waals surface area contributed by atoms with Gasteiger partial charge in [-0.3, -0.25) is 14.6 Å². The maximum atomic E-state index is 13.8. The van der Waals surface area contributed by atoms with Crippen molar-refractivity contribution < 1.29 is 23.4 Å². The fraction of sp³-hybridized carbons (Fsp3) is 0.409. The minimum atomic E-state index is -0.176. The summed E-state index contributed by atoms with van der Waals surface area (Å²) in [6.45, 7) is 3.92. The summed E-state index contributed by atoms with van der Waals surface area (Å²) >= 11 is 0. The zero-order valence-corrected chi connectivity index (χ0v) is 17.6. The van der Waals surface area contributed by atoms with Crippen LogP contribution in [0.5, 0.6) is 17.2 Å². The Morgan fingerprint density at radius 3 is 2.13 bits per heavy atom. The molecule has 2 aromatic rings. The van der Waals surface area contributed by atoms with Gasteiger partial charge in [0.1, 0.15) is 5.82 Å². The molecule has 0 bridgehead atoms. The summed E-state index contributed by atoms with van der Waals surface area (Å²) in [5, 5.41) is 2.89. The number of anilines is 1. The second-order valence-electron chi connectivity index (χ2n) is 7.11. The monoisotopic (exact) mass is 417 g/mol. The van der Waals surface area contributed by atoms with Crippen molar-refractivity contribution in [3.63, 3.8) is 0 Å². The highest BCUT2D eigenvalue weighted by molar-refractivity contribution is 5.93. The number of hydrogen-bond acceptors (Lipinski definition) is 6. The summed E-state index contributed by atoms with van der Waals surface area (Å²) in [4.78, 5) is 16.8. The highest BCUT2D eigenvalue weighted by Crippen LogP contribution is 2.39. The Labute approximate surface area is 176 Å². The summed E-state index contributed by atoms with van der Waals surface area (Å²) in [5.41, 5.74) is 1.28. The number of rotatable bonds is 8. The lowest BCUT2D eigenvalue weighted by Crippen LogP contribution is -2.48. The molecule has 8 heteroatoms. The molecular weight excluding hydrogens is 389 g/mol. The minimum absolute atomic E-state index is 0.119. The molecule has 1 fully saturated rings. The number of nitrogens with one attached hydrogen (secondary N) is 1. The van der Waals surface area contributed by atoms with E-state index in [2.05, 4.69) is 15.1 Å². The average molecular weight is 417 g/mol. The molecule has 1 saturated heterocycles. The fourth-order valence-corrected chi connectivity index (χ4v) is 3.53. The van der Waals surface area contributed by atoms with E-state index in [4.69, 9.17) is 14.2 Å². The molecular formula is C22H28FN3O4. The van der Waals surface area contributed by atoms with Crippen molar-refractivity contribution in [2.24, 2.45) is 0 Å². The second-order valence-corrected chi connectivity index (χ2v) is 7.11. The van der Waals surface area contributed by atoms with Crippen molar-refractivity contribution in [2.45, 2.75) is 6.54 Å². The van der Waals surface area contributed by atoms with Gasteiger partial charge in [0.05, 0.1) is 27.9 Å². The van der Waals surface area contributed by atoms with Crippen molar-refractivity contribution >= 4 is 11.6 Å². The maximum absolute atomic E-state index is 13.8. The quantitative estimate of drug-likeness (QED) is 0.713. The van der Waals surface area contributed by atoms with Gasteiger partial charge in [-0.1, -0.05) is 18.2 Å². The number of halogens is 1. The fourth-order valence-electron chi connectivity index (χ4n) is 3.53. The van der Waals surface area contributed by atoms with Crippen molar-refractivity contribution in [3.05, 3.63) is 47.8 Å². The van der Waals surface area contributed by atoms with Crippen LogP contribution < -0.4 is 19.5 Å². The Morgan fingerprint density at radius 2 is 1.57 bits per heavy atom. The predicted molar refractivity (Wildman–Crippen MR) is 113 cm³/mol. The SMILES string of the molecule is COc1cc(NC(=O)CN2CCN(Cc3ccccc3F)CC2)cc(OC)c1OC. The van der Waals surface area contributed by atoms with Crippen LogP contribution in [0.2, 0.25) is 0 Å². The topological polar surface area (TPSA) is 63.3 Å². The zero-order valence-electron chi connectivity index (χ0n) is 17.6. The summed E-state index contributed by atoms with van der Waals surface area (Å²) in [6.07, 6.45) is 0. The van der Waals surface area contributed by atoms with E-state index in [1.54, 1.807) is 18.2 Å². The Bertz CT molecular complexity index is 844. The normalized spacial score (nSPS) is 14.9. The van der Waals surface area contributed by atoms with Crippen LogP contribution in [-0.2, 0) is 11.3 Å². The van der Waals surface area contributed by atoms with Crippen LogP contribution >= 0.6 is 0 Å². The molecule has 162 valence electrons. The number of hydrogen-bond donors (Lipinski definition) is 1. The third-order valence-corrected chi connectivity index (χ3v) is 5.13. The predicted octanol–water partition coefficient (Wildman–Crippen LogP) is 2.61. The van der Waals surface area contributed by atoms with Crippen LogP contribution in [0.1, 0.15) is 5.56 Å². The van der Waals surface area contributed by atoms with Crippen LogP contribution in [-0.4, -0.2) is 69.8 Å². The molecule has 0 aromatic heterocycles. The number of methoxy groups -OCH3 is 3. The number of nitrogens with zero attached hydrogens (tertiary/aromatic N) is 2. The van der Waals surface area contributed by atoms with E-state index < -0.39 is 0 Å². The van der Waals surface area contributed by atoms with E-state index in [0.717, 1.165) is 26.2 Å². The van der Waals surface area contributed by atoms with Gasteiger partial charge < -0.3 is 19.5 Å². The van der Waals surface area contributed by atoms with Gasteiger partial charge in [0.15, 0.2) is 11.5 Å². The Kier molecular flexibility index (Phi) is 7.48. The zero-order chi connectivity index (χ0) is 21.5. The van der Waals surface area contributed by atoms with Crippen LogP contribution in [0.15, 0.2) is 36.4 Å². The molecule has 7 nitrogen and oxygen atoms in total. The standard InChI is InChI=1S/C22H28FN3O4/c1-28-19-12-17(13-20(29-2)22(19)30-3)24-21(27)15-26-10-8-25(9-11-26)14-16-6-4-5-7-18(16)23/h4-7,12-13H,8-11,14-15H2,1-3H3,(H,24,27). The third kappa shape index (κ3) is 5.40. The molecule has 1 aliphatic rings. The molecule has 0 saturated carbocycles. The highest BCUT2D eigenvalue weighted by atomic mass is 19.1. The van der Waals surface area contributed by atoms with Gasteiger partial charge in [-0.25, -0.2) is 4.39 Å². The molecule has 0 aliphatic carbocycles. The van der Waals surface area contributed by atoms with Gasteiger partial charge >= 0.3 is 0 Å². The molecule has 0 atom stereocenters. The number of piperazine rings is 1. The molecule has 1 amide bonds. The van der Waals surface area contributed by atoms with Crippen LogP contribution in [0.3, 0.4) is 0 Å². The number of carbonyl (C=O) groups excluding carboxylic acids is 1.